The number of halogens is 2. The zero-order valence-electron chi connectivity index (χ0n) is 21.5. The first-order chi connectivity index (χ1) is 17.6. The lowest BCUT2D eigenvalue weighted by atomic mass is 10.00. The molecule has 0 radical (unpaired) electrons. The predicted octanol–water partition coefficient (Wildman–Crippen LogP) is 6.71. The van der Waals surface area contributed by atoms with Crippen molar-refractivity contribution in [1.82, 2.24) is 10.2 Å². The van der Waals surface area contributed by atoms with Gasteiger partial charge in [0.05, 0.1) is 6.61 Å². The van der Waals surface area contributed by atoms with E-state index < -0.39 is 11.6 Å². The van der Waals surface area contributed by atoms with E-state index in [9.17, 15) is 9.59 Å². The summed E-state index contributed by atoms with van der Waals surface area (Å²) in [5.41, 5.74) is 1.23. The highest BCUT2D eigenvalue weighted by atomic mass is 35.5. The fourth-order valence-electron chi connectivity index (χ4n) is 3.91. The van der Waals surface area contributed by atoms with E-state index >= 15 is 0 Å². The molecule has 0 saturated heterocycles. The molecule has 3 aromatic rings. The fraction of sp³-hybridized carbons (Fsp3) is 0.333. The van der Waals surface area contributed by atoms with Gasteiger partial charge in [0.25, 0.3) is 0 Å². The van der Waals surface area contributed by atoms with Crippen molar-refractivity contribution in [3.05, 3.63) is 100 Å². The van der Waals surface area contributed by atoms with Crippen LogP contribution in [-0.2, 0) is 22.6 Å². The van der Waals surface area contributed by atoms with E-state index in [1.807, 2.05) is 81.4 Å². The summed E-state index contributed by atoms with van der Waals surface area (Å²) < 4.78 is 5.77. The lowest BCUT2D eigenvalue weighted by Gasteiger charge is -2.34. The van der Waals surface area contributed by atoms with Crippen molar-refractivity contribution in [3.8, 4) is 5.75 Å². The molecule has 2 amide bonds. The van der Waals surface area contributed by atoms with Crippen LogP contribution < -0.4 is 10.1 Å². The normalized spacial score (nSPS) is 12.0. The van der Waals surface area contributed by atoms with Crippen molar-refractivity contribution in [2.24, 2.45) is 0 Å². The Hall–Kier alpha value is -3.02. The summed E-state index contributed by atoms with van der Waals surface area (Å²) in [4.78, 5) is 28.9. The minimum Gasteiger partial charge on any atom is -0.494 e. The van der Waals surface area contributed by atoms with Crippen LogP contribution in [0.15, 0.2) is 78.9 Å². The monoisotopic (exact) mass is 540 g/mol. The number of nitrogens with one attached hydrogen (secondary N) is 1. The van der Waals surface area contributed by atoms with E-state index in [1.165, 1.54) is 0 Å². The van der Waals surface area contributed by atoms with Crippen molar-refractivity contribution < 1.29 is 14.3 Å². The summed E-state index contributed by atoms with van der Waals surface area (Å²) in [7, 11) is 0. The molecule has 1 N–H and O–H groups in total. The molecule has 0 saturated carbocycles. The molecule has 0 spiro atoms. The van der Waals surface area contributed by atoms with Gasteiger partial charge in [-0.1, -0.05) is 77.8 Å². The first kappa shape index (κ1) is 28.5. The predicted molar refractivity (Wildman–Crippen MR) is 150 cm³/mol. The Balaban J connectivity index is 1.85. The number of amides is 2. The summed E-state index contributed by atoms with van der Waals surface area (Å²) in [6, 6.07) is 23.6. The van der Waals surface area contributed by atoms with E-state index in [1.54, 1.807) is 23.1 Å². The molecular formula is C30H34Cl2N2O3. The Bertz CT molecular complexity index is 1160. The zero-order valence-corrected chi connectivity index (χ0v) is 23.1. The number of carbonyl (C=O) groups excluding carboxylic acids is 2. The Labute approximate surface area is 229 Å². The molecule has 1 atom stereocenters. The van der Waals surface area contributed by atoms with Crippen LogP contribution in [0.25, 0.3) is 0 Å². The van der Waals surface area contributed by atoms with Gasteiger partial charge in [0, 0.05) is 35.0 Å². The highest BCUT2D eigenvalue weighted by Gasteiger charge is 2.32. The Morgan fingerprint density at radius 3 is 2.22 bits per heavy atom. The molecule has 0 bridgehead atoms. The number of carbonyl (C=O) groups is 2. The van der Waals surface area contributed by atoms with E-state index in [0.717, 1.165) is 16.9 Å². The van der Waals surface area contributed by atoms with Gasteiger partial charge in [-0.15, -0.1) is 0 Å². The second kappa shape index (κ2) is 13.5. The number of nitrogens with zero attached hydrogens (tertiary/aromatic N) is 1. The highest BCUT2D eigenvalue weighted by Crippen LogP contribution is 2.25. The van der Waals surface area contributed by atoms with E-state index in [4.69, 9.17) is 27.9 Å². The second-order valence-corrected chi connectivity index (χ2v) is 10.8. The molecule has 0 aromatic heterocycles. The standard InChI is InChI=1S/C30H34Cl2N2O3/c1-30(2,3)33-29(36)27(19-22-11-6-4-7-12-22)34(21-23-16-17-24(31)20-26(23)32)28(35)15-10-18-37-25-13-8-5-9-14-25/h4-9,11-14,16-17,20,27H,10,15,18-19,21H2,1-3H3,(H,33,36)/t27-/m0/s1. The quantitative estimate of drug-likeness (QED) is 0.275. The van der Waals surface area contributed by atoms with Crippen molar-refractivity contribution in [2.45, 2.75) is 58.2 Å². The second-order valence-electron chi connectivity index (χ2n) is 9.97. The van der Waals surface area contributed by atoms with Gasteiger partial charge < -0.3 is 15.0 Å². The van der Waals surface area contributed by atoms with Gasteiger partial charge >= 0.3 is 0 Å². The lowest BCUT2D eigenvalue weighted by Crippen LogP contribution is -2.54. The van der Waals surface area contributed by atoms with E-state index in [2.05, 4.69) is 5.32 Å². The fourth-order valence-corrected chi connectivity index (χ4v) is 4.38. The van der Waals surface area contributed by atoms with Crippen LogP contribution in [-0.4, -0.2) is 34.9 Å². The smallest absolute Gasteiger partial charge is 0.243 e. The Kier molecular flexibility index (Phi) is 10.4. The van der Waals surface area contributed by atoms with Gasteiger partial charge in [-0.2, -0.15) is 0 Å². The van der Waals surface area contributed by atoms with Crippen LogP contribution >= 0.6 is 23.2 Å². The van der Waals surface area contributed by atoms with Gasteiger partial charge in [-0.05, 0) is 62.6 Å². The average molecular weight is 542 g/mol. The third-order valence-corrected chi connectivity index (χ3v) is 6.26. The summed E-state index contributed by atoms with van der Waals surface area (Å²) in [5, 5.41) is 4.02. The maximum Gasteiger partial charge on any atom is 0.243 e. The molecule has 7 heteroatoms. The molecule has 37 heavy (non-hydrogen) atoms. The van der Waals surface area contributed by atoms with E-state index in [0.29, 0.717) is 29.5 Å². The molecular weight excluding hydrogens is 507 g/mol. The molecule has 0 aliphatic carbocycles. The van der Waals surface area contributed by atoms with Crippen molar-refractivity contribution in [3.63, 3.8) is 0 Å². The van der Waals surface area contributed by atoms with E-state index in [-0.39, 0.29) is 24.8 Å². The minimum absolute atomic E-state index is 0.146. The maximum atomic E-state index is 13.7. The molecule has 0 heterocycles. The van der Waals surface area contributed by atoms with Crippen LogP contribution in [0.2, 0.25) is 10.0 Å². The number of hydrogen-bond acceptors (Lipinski definition) is 3. The molecule has 0 aliphatic heterocycles. The Morgan fingerprint density at radius 2 is 1.59 bits per heavy atom. The number of benzene rings is 3. The van der Waals surface area contributed by atoms with Crippen LogP contribution in [0.5, 0.6) is 5.75 Å². The lowest BCUT2D eigenvalue weighted by molar-refractivity contribution is -0.142. The summed E-state index contributed by atoms with van der Waals surface area (Å²) in [6.45, 7) is 6.35. The largest absolute Gasteiger partial charge is 0.494 e. The van der Waals surface area contributed by atoms with Gasteiger partial charge in [0.1, 0.15) is 11.8 Å². The number of hydrogen-bond donors (Lipinski definition) is 1. The first-order valence-electron chi connectivity index (χ1n) is 12.4. The van der Waals surface area contributed by atoms with Crippen LogP contribution in [0.3, 0.4) is 0 Å². The molecule has 0 fully saturated rings. The maximum absolute atomic E-state index is 13.7. The molecule has 0 aliphatic rings. The first-order valence-corrected chi connectivity index (χ1v) is 13.1. The number of ether oxygens (including phenoxy) is 1. The highest BCUT2D eigenvalue weighted by molar-refractivity contribution is 6.35. The van der Waals surface area contributed by atoms with Gasteiger partial charge in [-0.3, -0.25) is 9.59 Å². The van der Waals surface area contributed by atoms with Crippen LogP contribution in [0.1, 0.15) is 44.7 Å². The molecule has 0 unspecified atom stereocenters. The zero-order chi connectivity index (χ0) is 26.8. The van der Waals surface area contributed by atoms with Crippen molar-refractivity contribution in [2.75, 3.05) is 6.61 Å². The van der Waals surface area contributed by atoms with Gasteiger partial charge in [0.2, 0.25) is 11.8 Å². The number of rotatable bonds is 11. The summed E-state index contributed by atoms with van der Waals surface area (Å²) >= 11 is 12.6. The van der Waals surface area contributed by atoms with Crippen molar-refractivity contribution in [1.29, 1.82) is 0 Å². The molecule has 3 aromatic carbocycles. The Morgan fingerprint density at radius 1 is 0.946 bits per heavy atom. The van der Waals surface area contributed by atoms with Crippen LogP contribution in [0.4, 0.5) is 0 Å². The number of para-hydroxylation sites is 1. The molecule has 196 valence electrons. The SMILES string of the molecule is CC(C)(C)NC(=O)[C@H](Cc1ccccc1)N(Cc1ccc(Cl)cc1Cl)C(=O)CCCOc1ccccc1. The van der Waals surface area contributed by atoms with Crippen LogP contribution in [0, 0.1) is 0 Å². The van der Waals surface area contributed by atoms with Gasteiger partial charge in [-0.25, -0.2) is 0 Å². The topological polar surface area (TPSA) is 58.6 Å². The third-order valence-electron chi connectivity index (χ3n) is 5.67. The van der Waals surface area contributed by atoms with Crippen molar-refractivity contribution >= 4 is 35.0 Å². The summed E-state index contributed by atoms with van der Waals surface area (Å²) in [5.74, 6) is 0.397. The average Bonchev–Trinajstić information content (AvgIpc) is 2.85. The minimum atomic E-state index is -0.726. The van der Waals surface area contributed by atoms with Gasteiger partial charge in [0.15, 0.2) is 0 Å². The summed E-state index contributed by atoms with van der Waals surface area (Å²) in [6.07, 6.45) is 1.11. The molecule has 5 nitrogen and oxygen atoms in total. The third kappa shape index (κ3) is 9.42. The molecule has 3 rings (SSSR count).